The monoisotopic (exact) mass is 207 g/mol. The van der Waals surface area contributed by atoms with Gasteiger partial charge in [-0.2, -0.15) is 0 Å². The van der Waals surface area contributed by atoms with Crippen molar-refractivity contribution in [3.05, 3.63) is 28.4 Å². The number of nitro groups is 1. The summed E-state index contributed by atoms with van der Waals surface area (Å²) in [7, 11) is 0. The zero-order valence-electron chi connectivity index (χ0n) is 8.56. The highest BCUT2D eigenvalue weighted by atomic mass is 16.6. The second-order valence-electron chi connectivity index (χ2n) is 4.29. The van der Waals surface area contributed by atoms with Crippen molar-refractivity contribution in [1.29, 1.82) is 0 Å². The van der Waals surface area contributed by atoms with Gasteiger partial charge in [-0.05, 0) is 24.3 Å². The predicted molar refractivity (Wildman–Crippen MR) is 56.7 cm³/mol. The van der Waals surface area contributed by atoms with Crippen LogP contribution in [0.4, 0.5) is 11.5 Å². The van der Waals surface area contributed by atoms with Gasteiger partial charge in [0.15, 0.2) is 0 Å². The third-order valence-corrected chi connectivity index (χ3v) is 2.77. The average molecular weight is 207 g/mol. The second-order valence-corrected chi connectivity index (χ2v) is 4.29. The lowest BCUT2D eigenvalue weighted by Crippen LogP contribution is -2.13. The van der Waals surface area contributed by atoms with Gasteiger partial charge >= 0.3 is 5.69 Å². The molecule has 1 aliphatic rings. The normalized spacial score (nSPS) is 17.1. The Labute approximate surface area is 87.7 Å². The number of anilines is 1. The van der Waals surface area contributed by atoms with Crippen molar-refractivity contribution in [1.82, 2.24) is 4.98 Å². The number of nitrogens with zero attached hydrogens (tertiary/aromatic N) is 2. The van der Waals surface area contributed by atoms with Crippen molar-refractivity contribution in [2.45, 2.75) is 19.8 Å². The lowest BCUT2D eigenvalue weighted by Gasteiger charge is -2.10. The predicted octanol–water partition coefficient (Wildman–Crippen LogP) is 2.20. The first kappa shape index (κ1) is 9.89. The van der Waals surface area contributed by atoms with Crippen LogP contribution in [0.3, 0.4) is 0 Å². The third kappa shape index (κ3) is 2.23. The molecule has 0 saturated heterocycles. The SMILES string of the molecule is CC1(CNc2ncccc2[N+](=O)[O-])CC1. The van der Waals surface area contributed by atoms with E-state index in [0.717, 1.165) is 6.54 Å². The number of aromatic nitrogens is 1. The highest BCUT2D eigenvalue weighted by molar-refractivity contribution is 5.55. The van der Waals surface area contributed by atoms with Crippen LogP contribution in [0.1, 0.15) is 19.8 Å². The first-order valence-electron chi connectivity index (χ1n) is 4.94. The summed E-state index contributed by atoms with van der Waals surface area (Å²) in [6, 6.07) is 3.03. The smallest absolute Gasteiger partial charge is 0.311 e. The van der Waals surface area contributed by atoms with Gasteiger partial charge in [0.1, 0.15) is 0 Å². The zero-order valence-corrected chi connectivity index (χ0v) is 8.56. The van der Waals surface area contributed by atoms with Crippen LogP contribution in [-0.2, 0) is 0 Å². The molecular formula is C10H13N3O2. The van der Waals surface area contributed by atoms with Crippen LogP contribution in [0.2, 0.25) is 0 Å². The number of rotatable bonds is 4. The van der Waals surface area contributed by atoms with E-state index in [2.05, 4.69) is 17.2 Å². The molecule has 1 N–H and O–H groups in total. The van der Waals surface area contributed by atoms with Crippen molar-refractivity contribution in [2.75, 3.05) is 11.9 Å². The molecule has 0 atom stereocenters. The maximum absolute atomic E-state index is 10.7. The van der Waals surface area contributed by atoms with Crippen molar-refractivity contribution in [3.8, 4) is 0 Å². The van der Waals surface area contributed by atoms with Crippen LogP contribution in [0.5, 0.6) is 0 Å². The van der Waals surface area contributed by atoms with Crippen LogP contribution >= 0.6 is 0 Å². The zero-order chi connectivity index (χ0) is 10.9. The minimum Gasteiger partial charge on any atom is -0.364 e. The summed E-state index contributed by atoms with van der Waals surface area (Å²) < 4.78 is 0. The van der Waals surface area contributed by atoms with Crippen LogP contribution in [0.15, 0.2) is 18.3 Å². The quantitative estimate of drug-likeness (QED) is 0.607. The maximum atomic E-state index is 10.7. The Hall–Kier alpha value is -1.65. The fourth-order valence-electron chi connectivity index (χ4n) is 1.37. The number of nitrogens with one attached hydrogen (secondary N) is 1. The van der Waals surface area contributed by atoms with E-state index >= 15 is 0 Å². The summed E-state index contributed by atoms with van der Waals surface area (Å²) in [6.07, 6.45) is 3.92. The van der Waals surface area contributed by atoms with E-state index in [4.69, 9.17) is 0 Å². The molecule has 1 saturated carbocycles. The molecule has 1 fully saturated rings. The lowest BCUT2D eigenvalue weighted by atomic mass is 10.1. The molecule has 1 aromatic heterocycles. The summed E-state index contributed by atoms with van der Waals surface area (Å²) in [6.45, 7) is 2.92. The minimum atomic E-state index is -0.412. The Morgan fingerprint density at radius 1 is 1.67 bits per heavy atom. The lowest BCUT2D eigenvalue weighted by molar-refractivity contribution is -0.384. The number of hydrogen-bond donors (Lipinski definition) is 1. The van der Waals surface area contributed by atoms with Gasteiger partial charge in [-0.15, -0.1) is 0 Å². The molecule has 1 aliphatic carbocycles. The molecule has 0 bridgehead atoms. The van der Waals surface area contributed by atoms with Crippen molar-refractivity contribution < 1.29 is 4.92 Å². The van der Waals surface area contributed by atoms with Crippen molar-refractivity contribution in [2.24, 2.45) is 5.41 Å². The fraction of sp³-hybridized carbons (Fsp3) is 0.500. The topological polar surface area (TPSA) is 68.1 Å². The Morgan fingerprint density at radius 2 is 2.40 bits per heavy atom. The van der Waals surface area contributed by atoms with Crippen LogP contribution < -0.4 is 5.32 Å². The third-order valence-electron chi connectivity index (χ3n) is 2.77. The summed E-state index contributed by atoms with van der Waals surface area (Å²) in [5.74, 6) is 0.371. The standard InChI is InChI=1S/C10H13N3O2/c1-10(4-5-10)7-12-9-8(13(14)15)3-2-6-11-9/h2-3,6H,4-5,7H2,1H3,(H,11,12). The molecule has 0 aromatic carbocycles. The molecule has 5 heteroatoms. The fourth-order valence-corrected chi connectivity index (χ4v) is 1.37. The maximum Gasteiger partial charge on any atom is 0.311 e. The van der Waals surface area contributed by atoms with E-state index in [1.807, 2.05) is 0 Å². The van der Waals surface area contributed by atoms with Crippen molar-refractivity contribution in [3.63, 3.8) is 0 Å². The molecular weight excluding hydrogens is 194 g/mol. The molecule has 15 heavy (non-hydrogen) atoms. The van der Waals surface area contributed by atoms with E-state index in [0.29, 0.717) is 11.2 Å². The van der Waals surface area contributed by atoms with Crippen molar-refractivity contribution >= 4 is 11.5 Å². The Balaban J connectivity index is 2.09. The molecule has 1 aromatic rings. The van der Waals surface area contributed by atoms with E-state index < -0.39 is 4.92 Å². The van der Waals surface area contributed by atoms with E-state index in [-0.39, 0.29) is 5.69 Å². The van der Waals surface area contributed by atoms with Gasteiger partial charge in [0.2, 0.25) is 5.82 Å². The van der Waals surface area contributed by atoms with E-state index in [1.165, 1.54) is 18.9 Å². The number of hydrogen-bond acceptors (Lipinski definition) is 4. The second kappa shape index (κ2) is 3.49. The first-order chi connectivity index (χ1) is 7.11. The molecule has 0 aliphatic heterocycles. The summed E-state index contributed by atoms with van der Waals surface area (Å²) in [5, 5.41) is 13.7. The molecule has 0 unspecified atom stereocenters. The Morgan fingerprint density at radius 3 is 3.00 bits per heavy atom. The summed E-state index contributed by atoms with van der Waals surface area (Å²) in [5.41, 5.74) is 0.354. The summed E-state index contributed by atoms with van der Waals surface area (Å²) >= 11 is 0. The van der Waals surface area contributed by atoms with E-state index in [9.17, 15) is 10.1 Å². The molecule has 1 heterocycles. The highest BCUT2D eigenvalue weighted by Gasteiger charge is 2.37. The van der Waals surface area contributed by atoms with Gasteiger partial charge in [-0.25, -0.2) is 4.98 Å². The van der Waals surface area contributed by atoms with Gasteiger partial charge in [0.05, 0.1) is 4.92 Å². The molecule has 80 valence electrons. The molecule has 0 amide bonds. The van der Waals surface area contributed by atoms with Crippen LogP contribution in [-0.4, -0.2) is 16.5 Å². The molecule has 5 nitrogen and oxygen atoms in total. The van der Waals surface area contributed by atoms with Gasteiger partial charge in [0, 0.05) is 18.8 Å². The van der Waals surface area contributed by atoms with Gasteiger partial charge in [0.25, 0.3) is 0 Å². The molecule has 0 radical (unpaired) electrons. The van der Waals surface area contributed by atoms with Crippen LogP contribution in [0.25, 0.3) is 0 Å². The average Bonchev–Trinajstić information content (AvgIpc) is 2.95. The van der Waals surface area contributed by atoms with E-state index in [1.54, 1.807) is 12.3 Å². The van der Waals surface area contributed by atoms with Crippen LogP contribution in [0, 0.1) is 15.5 Å². The summed E-state index contributed by atoms with van der Waals surface area (Å²) in [4.78, 5) is 14.3. The van der Waals surface area contributed by atoms with Gasteiger partial charge in [-0.1, -0.05) is 6.92 Å². The molecule has 2 rings (SSSR count). The van der Waals surface area contributed by atoms with Gasteiger partial charge in [-0.3, -0.25) is 10.1 Å². The largest absolute Gasteiger partial charge is 0.364 e. The first-order valence-corrected chi connectivity index (χ1v) is 4.94. The van der Waals surface area contributed by atoms with Gasteiger partial charge < -0.3 is 5.32 Å². The Kier molecular flexibility index (Phi) is 2.30. The molecule has 0 spiro atoms. The Bertz CT molecular complexity index is 388. The highest BCUT2D eigenvalue weighted by Crippen LogP contribution is 2.44. The number of pyridine rings is 1. The minimum absolute atomic E-state index is 0.0433.